The van der Waals surface area contributed by atoms with Gasteiger partial charge in [-0.15, -0.1) is 0 Å². The third-order valence-electron chi connectivity index (χ3n) is 3.56. The Morgan fingerprint density at radius 2 is 1.58 bits per heavy atom. The van der Waals surface area contributed by atoms with E-state index in [4.69, 9.17) is 4.74 Å². The number of rotatable bonds is 6. The summed E-state index contributed by atoms with van der Waals surface area (Å²) < 4.78 is 42.8. The van der Waals surface area contributed by atoms with Crippen LogP contribution in [0.15, 0.2) is 24.3 Å². The van der Waals surface area contributed by atoms with E-state index in [1.54, 1.807) is 0 Å². The molecule has 0 bridgehead atoms. The maximum Gasteiger partial charge on any atom is 0.416 e. The molecule has 0 aromatic heterocycles. The van der Waals surface area contributed by atoms with Crippen LogP contribution in [0.1, 0.15) is 32.3 Å². The zero-order chi connectivity index (χ0) is 14.5. The first-order valence-electron chi connectivity index (χ1n) is 6.28. The molecule has 0 aliphatic heterocycles. The number of thiol groups is 1. The molecule has 0 saturated carbocycles. The number of halogens is 3. The van der Waals surface area contributed by atoms with Gasteiger partial charge in [0.25, 0.3) is 0 Å². The SMILES string of the molecule is CCC(CC)(CS)COc1ccc(C(F)(F)F)cc1. The molecule has 0 saturated heterocycles. The molecule has 0 amide bonds. The van der Waals surface area contributed by atoms with Gasteiger partial charge in [-0.1, -0.05) is 13.8 Å². The molecule has 0 fully saturated rings. The Morgan fingerprint density at radius 3 is 1.95 bits per heavy atom. The highest BCUT2D eigenvalue weighted by atomic mass is 32.1. The molecule has 1 nitrogen and oxygen atoms in total. The average Bonchev–Trinajstić information content (AvgIpc) is 2.40. The minimum absolute atomic E-state index is 0.0220. The quantitative estimate of drug-likeness (QED) is 0.740. The van der Waals surface area contributed by atoms with Crippen molar-refractivity contribution in [3.8, 4) is 5.75 Å². The first-order valence-corrected chi connectivity index (χ1v) is 6.91. The summed E-state index contributed by atoms with van der Waals surface area (Å²) in [5.41, 5.74) is -0.683. The Bertz CT molecular complexity index is 374. The molecule has 108 valence electrons. The molecule has 0 radical (unpaired) electrons. The summed E-state index contributed by atoms with van der Waals surface area (Å²) in [7, 11) is 0. The van der Waals surface area contributed by atoms with Gasteiger partial charge in [0.05, 0.1) is 12.2 Å². The summed E-state index contributed by atoms with van der Waals surface area (Å²) in [5.74, 6) is 1.15. The van der Waals surface area contributed by atoms with Crippen LogP contribution >= 0.6 is 12.6 Å². The molecular formula is C14H19F3OS. The van der Waals surface area contributed by atoms with Crippen LogP contribution in [0.2, 0.25) is 0 Å². The van der Waals surface area contributed by atoms with Gasteiger partial charge >= 0.3 is 6.18 Å². The van der Waals surface area contributed by atoms with Crippen LogP contribution in [-0.2, 0) is 6.18 Å². The van der Waals surface area contributed by atoms with Gasteiger partial charge in [-0.25, -0.2) is 0 Å². The van der Waals surface area contributed by atoms with E-state index < -0.39 is 11.7 Å². The van der Waals surface area contributed by atoms with Gasteiger partial charge in [0, 0.05) is 5.41 Å². The number of alkyl halides is 3. The van der Waals surface area contributed by atoms with Crippen molar-refractivity contribution in [3.63, 3.8) is 0 Å². The number of hydrogen-bond acceptors (Lipinski definition) is 2. The van der Waals surface area contributed by atoms with Gasteiger partial charge < -0.3 is 4.74 Å². The second kappa shape index (κ2) is 6.55. The number of ether oxygens (including phenoxy) is 1. The highest BCUT2D eigenvalue weighted by Crippen LogP contribution is 2.32. The predicted octanol–water partition coefficient (Wildman–Crippen LogP) is 4.82. The van der Waals surface area contributed by atoms with Crippen LogP contribution < -0.4 is 4.74 Å². The Morgan fingerprint density at radius 1 is 1.05 bits per heavy atom. The summed E-state index contributed by atoms with van der Waals surface area (Å²) in [6.45, 7) is 4.60. The van der Waals surface area contributed by atoms with E-state index in [2.05, 4.69) is 26.5 Å². The van der Waals surface area contributed by atoms with Crippen LogP contribution in [0.3, 0.4) is 0 Å². The van der Waals surface area contributed by atoms with Crippen LogP contribution in [0.5, 0.6) is 5.75 Å². The minimum Gasteiger partial charge on any atom is -0.493 e. The maximum atomic E-state index is 12.4. The van der Waals surface area contributed by atoms with Crippen molar-refractivity contribution in [2.75, 3.05) is 12.4 Å². The van der Waals surface area contributed by atoms with E-state index in [0.717, 1.165) is 25.0 Å². The summed E-state index contributed by atoms with van der Waals surface area (Å²) in [6, 6.07) is 4.79. The zero-order valence-corrected chi connectivity index (χ0v) is 12.0. The highest BCUT2D eigenvalue weighted by molar-refractivity contribution is 7.80. The van der Waals surface area contributed by atoms with E-state index in [-0.39, 0.29) is 5.41 Å². The van der Waals surface area contributed by atoms with Crippen molar-refractivity contribution in [1.29, 1.82) is 0 Å². The normalized spacial score (nSPS) is 12.5. The Hall–Kier alpha value is -0.840. The van der Waals surface area contributed by atoms with Crippen LogP contribution in [0.4, 0.5) is 13.2 Å². The highest BCUT2D eigenvalue weighted by Gasteiger charge is 2.30. The van der Waals surface area contributed by atoms with Crippen LogP contribution in [0.25, 0.3) is 0 Å². The fraction of sp³-hybridized carbons (Fsp3) is 0.571. The van der Waals surface area contributed by atoms with Crippen LogP contribution in [-0.4, -0.2) is 12.4 Å². The second-order valence-electron chi connectivity index (χ2n) is 4.68. The van der Waals surface area contributed by atoms with E-state index in [9.17, 15) is 13.2 Å². The van der Waals surface area contributed by atoms with Crippen molar-refractivity contribution in [2.24, 2.45) is 5.41 Å². The molecule has 0 spiro atoms. The van der Waals surface area contributed by atoms with Crippen LogP contribution in [0, 0.1) is 5.41 Å². The van der Waals surface area contributed by atoms with Crippen molar-refractivity contribution in [1.82, 2.24) is 0 Å². The molecule has 5 heteroatoms. The molecule has 0 atom stereocenters. The summed E-state index contributed by atoms with van der Waals surface area (Å²) >= 11 is 4.33. The average molecular weight is 292 g/mol. The lowest BCUT2D eigenvalue weighted by Gasteiger charge is -2.29. The fourth-order valence-electron chi connectivity index (χ4n) is 1.70. The molecule has 0 aliphatic rings. The van der Waals surface area contributed by atoms with Gasteiger partial charge in [-0.2, -0.15) is 25.8 Å². The Labute approximate surface area is 117 Å². The Balaban J connectivity index is 2.69. The van der Waals surface area contributed by atoms with Gasteiger partial charge in [0.1, 0.15) is 5.75 Å². The predicted molar refractivity (Wildman–Crippen MR) is 73.8 cm³/mol. The summed E-state index contributed by atoms with van der Waals surface area (Å²) in [5, 5.41) is 0. The maximum absolute atomic E-state index is 12.4. The molecule has 0 N–H and O–H groups in total. The van der Waals surface area contributed by atoms with E-state index in [0.29, 0.717) is 18.1 Å². The molecule has 0 heterocycles. The van der Waals surface area contributed by atoms with Gasteiger partial charge in [-0.3, -0.25) is 0 Å². The largest absolute Gasteiger partial charge is 0.493 e. The second-order valence-corrected chi connectivity index (χ2v) is 4.99. The van der Waals surface area contributed by atoms with Gasteiger partial charge in [0.15, 0.2) is 0 Å². The molecule has 0 aliphatic carbocycles. The monoisotopic (exact) mass is 292 g/mol. The van der Waals surface area contributed by atoms with Gasteiger partial charge in [-0.05, 0) is 42.9 Å². The lowest BCUT2D eigenvalue weighted by atomic mass is 9.85. The number of benzene rings is 1. The molecule has 1 rings (SSSR count). The van der Waals surface area contributed by atoms with Crippen molar-refractivity contribution >= 4 is 12.6 Å². The minimum atomic E-state index is -4.31. The van der Waals surface area contributed by atoms with Crippen molar-refractivity contribution in [2.45, 2.75) is 32.9 Å². The van der Waals surface area contributed by atoms with E-state index >= 15 is 0 Å². The summed E-state index contributed by atoms with van der Waals surface area (Å²) in [4.78, 5) is 0. The zero-order valence-electron chi connectivity index (χ0n) is 11.1. The van der Waals surface area contributed by atoms with E-state index in [1.165, 1.54) is 12.1 Å². The number of hydrogen-bond donors (Lipinski definition) is 1. The smallest absolute Gasteiger partial charge is 0.416 e. The third kappa shape index (κ3) is 4.34. The van der Waals surface area contributed by atoms with Crippen molar-refractivity contribution < 1.29 is 17.9 Å². The topological polar surface area (TPSA) is 9.23 Å². The van der Waals surface area contributed by atoms with Gasteiger partial charge in [0.2, 0.25) is 0 Å². The lowest BCUT2D eigenvalue weighted by molar-refractivity contribution is -0.137. The first-order chi connectivity index (χ1) is 8.87. The van der Waals surface area contributed by atoms with E-state index in [1.807, 2.05) is 0 Å². The molecule has 1 aromatic rings. The Kier molecular flexibility index (Phi) is 5.59. The fourth-order valence-corrected chi connectivity index (χ4v) is 2.24. The lowest BCUT2D eigenvalue weighted by Crippen LogP contribution is -2.29. The summed E-state index contributed by atoms with van der Waals surface area (Å²) in [6.07, 6.45) is -2.46. The standard InChI is InChI=1S/C14H19F3OS/c1-3-13(4-2,10-19)9-18-12-7-5-11(6-8-12)14(15,16)17/h5-8,19H,3-4,9-10H2,1-2H3. The molecule has 0 unspecified atom stereocenters. The van der Waals surface area contributed by atoms with Crippen molar-refractivity contribution in [3.05, 3.63) is 29.8 Å². The molecule has 19 heavy (non-hydrogen) atoms. The molecule has 1 aromatic carbocycles. The first kappa shape index (κ1) is 16.2. The molecular weight excluding hydrogens is 273 g/mol. The third-order valence-corrected chi connectivity index (χ3v) is 4.23.